The number of rotatable bonds is 2. The second kappa shape index (κ2) is 4.96. The van der Waals surface area contributed by atoms with Gasteiger partial charge in [-0.15, -0.1) is 0 Å². The van der Waals surface area contributed by atoms with Gasteiger partial charge < -0.3 is 29.5 Å². The van der Waals surface area contributed by atoms with E-state index in [-0.39, 0.29) is 0 Å². The summed E-state index contributed by atoms with van der Waals surface area (Å²) in [5, 5.41) is 28.0. The minimum atomic E-state index is -1.79. The summed E-state index contributed by atoms with van der Waals surface area (Å²) < 4.78 is 13.8. The van der Waals surface area contributed by atoms with Gasteiger partial charge >= 0.3 is 0 Å². The fourth-order valence-electron chi connectivity index (χ4n) is 1.79. The molecule has 2 aliphatic heterocycles. The molecule has 0 saturated carbocycles. The number of hydrogen-bond acceptors (Lipinski definition) is 6. The van der Waals surface area contributed by atoms with Crippen molar-refractivity contribution in [1.82, 2.24) is 0 Å². The van der Waals surface area contributed by atoms with Gasteiger partial charge in [-0.05, 0) is 0 Å². The van der Waals surface area contributed by atoms with Gasteiger partial charge in [0.1, 0.15) is 24.4 Å². The lowest BCUT2D eigenvalue weighted by atomic mass is 10.1. The molecule has 2 heterocycles. The van der Waals surface area contributed by atoms with Crippen LogP contribution in [0.2, 0.25) is 0 Å². The van der Waals surface area contributed by atoms with Crippen molar-refractivity contribution in [2.24, 2.45) is 0 Å². The third-order valence-electron chi connectivity index (χ3n) is 2.60. The van der Waals surface area contributed by atoms with E-state index in [4.69, 9.17) is 54.1 Å². The van der Waals surface area contributed by atoms with Crippen molar-refractivity contribution >= 4 is 34.8 Å². The van der Waals surface area contributed by atoms with Gasteiger partial charge in [-0.25, -0.2) is 0 Å². The Morgan fingerprint density at radius 1 is 1.18 bits per heavy atom. The largest absolute Gasteiger partial charge is 0.394 e. The molecular weight excluding hydrogens is 298 g/mol. The third-order valence-corrected chi connectivity index (χ3v) is 3.14. The highest BCUT2D eigenvalue weighted by atomic mass is 35.6. The Morgan fingerprint density at radius 2 is 1.82 bits per heavy atom. The van der Waals surface area contributed by atoms with Crippen LogP contribution >= 0.6 is 34.8 Å². The molecule has 0 bridgehead atoms. The lowest BCUT2D eigenvalue weighted by Crippen LogP contribution is -2.42. The molecule has 0 spiro atoms. The van der Waals surface area contributed by atoms with E-state index in [1.807, 2.05) is 0 Å². The molecule has 0 radical (unpaired) electrons. The Labute approximate surface area is 112 Å². The van der Waals surface area contributed by atoms with Crippen molar-refractivity contribution in [2.45, 2.75) is 40.8 Å². The highest BCUT2D eigenvalue weighted by Crippen LogP contribution is 2.42. The van der Waals surface area contributed by atoms with E-state index in [1.165, 1.54) is 0 Å². The third kappa shape index (κ3) is 2.65. The summed E-state index contributed by atoms with van der Waals surface area (Å²) in [6.07, 6.45) is -6.33. The molecule has 2 rings (SSSR count). The van der Waals surface area contributed by atoms with Crippen LogP contribution in [0.1, 0.15) is 0 Å². The van der Waals surface area contributed by atoms with Gasteiger partial charge in [0.25, 0.3) is 0 Å². The number of halogens is 3. The Kier molecular flexibility index (Phi) is 4.10. The summed E-state index contributed by atoms with van der Waals surface area (Å²) in [5.41, 5.74) is 0. The summed E-state index contributed by atoms with van der Waals surface area (Å²) >= 11 is 16.7. The van der Waals surface area contributed by atoms with Crippen molar-refractivity contribution < 1.29 is 29.5 Å². The van der Waals surface area contributed by atoms with Crippen LogP contribution in [-0.4, -0.2) is 62.7 Å². The average molecular weight is 310 g/mol. The van der Waals surface area contributed by atoms with Crippen molar-refractivity contribution in [3.05, 3.63) is 0 Å². The Bertz CT molecular complexity index is 285. The SMILES string of the molecule is OCC(O)[C@H]1OC2O[C@H](C(Cl)(Cl)Cl)O[C@@H]2[C@H]1O. The summed E-state index contributed by atoms with van der Waals surface area (Å²) in [7, 11) is 0. The summed E-state index contributed by atoms with van der Waals surface area (Å²) in [4.78, 5) is 0. The monoisotopic (exact) mass is 308 g/mol. The first kappa shape index (κ1) is 14.0. The molecule has 0 aromatic rings. The quantitative estimate of drug-likeness (QED) is 0.598. The fourth-order valence-corrected chi connectivity index (χ4v) is 2.10. The number of ether oxygens (including phenoxy) is 3. The first-order chi connectivity index (χ1) is 7.84. The van der Waals surface area contributed by atoms with E-state index in [0.717, 1.165) is 0 Å². The first-order valence-corrected chi connectivity index (χ1v) is 5.98. The van der Waals surface area contributed by atoms with E-state index < -0.39 is 47.4 Å². The molecule has 17 heavy (non-hydrogen) atoms. The molecule has 6 atom stereocenters. The van der Waals surface area contributed by atoms with Crippen molar-refractivity contribution in [3.63, 3.8) is 0 Å². The second-order valence-electron chi connectivity index (χ2n) is 3.82. The summed E-state index contributed by atoms with van der Waals surface area (Å²) in [6, 6.07) is 0. The van der Waals surface area contributed by atoms with E-state index in [0.29, 0.717) is 0 Å². The van der Waals surface area contributed by atoms with Crippen molar-refractivity contribution in [3.8, 4) is 0 Å². The zero-order valence-corrected chi connectivity index (χ0v) is 10.6. The van der Waals surface area contributed by atoms with Crippen LogP contribution in [0.5, 0.6) is 0 Å². The molecule has 2 unspecified atom stereocenters. The van der Waals surface area contributed by atoms with E-state index in [1.54, 1.807) is 0 Å². The number of hydrogen-bond donors (Lipinski definition) is 3. The molecule has 100 valence electrons. The standard InChI is InChI=1S/C8H11Cl3O6/c9-8(10,11)7-16-5-3(14)4(2(13)1-12)15-6(5)17-7/h2-7,12-14H,1H2/t2?,3-,4+,5+,6?,7+/m0/s1. The summed E-state index contributed by atoms with van der Waals surface area (Å²) in [5.74, 6) is 0. The molecule has 9 heteroatoms. The van der Waals surface area contributed by atoms with Gasteiger partial charge in [0.15, 0.2) is 6.29 Å². The predicted octanol–water partition coefficient (Wildman–Crippen LogP) is -0.463. The number of fused-ring (bicyclic) bond motifs is 1. The fraction of sp³-hybridized carbons (Fsp3) is 1.00. The Hall–Kier alpha value is 0.630. The van der Waals surface area contributed by atoms with Crippen LogP contribution in [0.3, 0.4) is 0 Å². The molecule has 0 aromatic carbocycles. The smallest absolute Gasteiger partial charge is 0.241 e. The lowest BCUT2D eigenvalue weighted by molar-refractivity contribution is -0.188. The Morgan fingerprint density at radius 3 is 2.29 bits per heavy atom. The van der Waals surface area contributed by atoms with E-state index in [2.05, 4.69) is 0 Å². The molecule has 2 fully saturated rings. The van der Waals surface area contributed by atoms with Crippen LogP contribution in [0.4, 0.5) is 0 Å². The average Bonchev–Trinajstić information content (AvgIpc) is 2.77. The van der Waals surface area contributed by atoms with Crippen LogP contribution in [-0.2, 0) is 14.2 Å². The van der Waals surface area contributed by atoms with Crippen molar-refractivity contribution in [1.29, 1.82) is 0 Å². The molecule has 0 aromatic heterocycles. The van der Waals surface area contributed by atoms with Gasteiger partial charge in [-0.1, -0.05) is 34.8 Å². The maximum atomic E-state index is 9.81. The molecule has 2 aliphatic rings. The van der Waals surface area contributed by atoms with Gasteiger partial charge in [0.05, 0.1) is 6.61 Å². The van der Waals surface area contributed by atoms with Crippen molar-refractivity contribution in [2.75, 3.05) is 6.61 Å². The van der Waals surface area contributed by atoms with Crippen LogP contribution in [0, 0.1) is 0 Å². The second-order valence-corrected chi connectivity index (χ2v) is 6.19. The Balaban J connectivity index is 2.01. The molecule has 2 saturated heterocycles. The van der Waals surface area contributed by atoms with Gasteiger partial charge in [-0.2, -0.15) is 0 Å². The first-order valence-electron chi connectivity index (χ1n) is 4.84. The highest BCUT2D eigenvalue weighted by Gasteiger charge is 2.57. The highest BCUT2D eigenvalue weighted by molar-refractivity contribution is 6.67. The number of aliphatic hydroxyl groups is 3. The maximum absolute atomic E-state index is 9.81. The lowest BCUT2D eigenvalue weighted by Gasteiger charge is -2.24. The molecule has 0 aliphatic carbocycles. The zero-order valence-electron chi connectivity index (χ0n) is 8.37. The number of aliphatic hydroxyl groups excluding tert-OH is 3. The van der Waals surface area contributed by atoms with E-state index in [9.17, 15) is 10.2 Å². The normalized spacial score (nSPS) is 43.8. The molecular formula is C8H11Cl3O6. The van der Waals surface area contributed by atoms with Gasteiger partial charge in [0, 0.05) is 0 Å². The minimum absolute atomic E-state index is 0.547. The topological polar surface area (TPSA) is 88.4 Å². The van der Waals surface area contributed by atoms with Gasteiger partial charge in [0.2, 0.25) is 10.1 Å². The van der Waals surface area contributed by atoms with Crippen LogP contribution in [0.15, 0.2) is 0 Å². The predicted molar refractivity (Wildman–Crippen MR) is 57.8 cm³/mol. The van der Waals surface area contributed by atoms with Crippen LogP contribution in [0.25, 0.3) is 0 Å². The minimum Gasteiger partial charge on any atom is -0.394 e. The molecule has 0 amide bonds. The maximum Gasteiger partial charge on any atom is 0.241 e. The summed E-state index contributed by atoms with van der Waals surface area (Å²) in [6.45, 7) is -0.547. The van der Waals surface area contributed by atoms with Crippen LogP contribution < -0.4 is 0 Å². The van der Waals surface area contributed by atoms with E-state index >= 15 is 0 Å². The zero-order chi connectivity index (χ0) is 12.8. The number of alkyl halides is 3. The molecule has 6 nitrogen and oxygen atoms in total. The van der Waals surface area contributed by atoms with Gasteiger partial charge in [-0.3, -0.25) is 0 Å². The molecule has 3 N–H and O–H groups in total.